The van der Waals surface area contributed by atoms with Gasteiger partial charge in [0.25, 0.3) is 5.91 Å². The highest BCUT2D eigenvalue weighted by Crippen LogP contribution is 2.24. The van der Waals surface area contributed by atoms with Crippen molar-refractivity contribution >= 4 is 22.6 Å². The molecule has 0 saturated carbocycles. The third-order valence-electron chi connectivity index (χ3n) is 4.50. The minimum Gasteiger partial charge on any atom is -0.497 e. The van der Waals surface area contributed by atoms with Crippen molar-refractivity contribution in [3.8, 4) is 17.1 Å². The average Bonchev–Trinajstić information content (AvgIpc) is 3.17. The summed E-state index contributed by atoms with van der Waals surface area (Å²) in [6.07, 6.45) is 0. The van der Waals surface area contributed by atoms with Gasteiger partial charge >= 0.3 is 0 Å². The standard InChI is InChI=1S/C22H19N3O3/c1-28-18-9-6-15(7-10-18)21-24-19-11-8-17(12-20(19)25-21)23-22(27)16-4-2-14(13-26)3-5-16/h2-12,26H,13H2,1H3,(H,23,27)(H,24,25). The van der Waals surface area contributed by atoms with Gasteiger partial charge in [-0.3, -0.25) is 4.79 Å². The summed E-state index contributed by atoms with van der Waals surface area (Å²) in [7, 11) is 1.63. The normalized spacial score (nSPS) is 10.8. The predicted molar refractivity (Wildman–Crippen MR) is 108 cm³/mol. The van der Waals surface area contributed by atoms with Crippen molar-refractivity contribution in [1.29, 1.82) is 0 Å². The molecule has 3 N–H and O–H groups in total. The number of aromatic nitrogens is 2. The summed E-state index contributed by atoms with van der Waals surface area (Å²) in [5, 5.41) is 12.0. The van der Waals surface area contributed by atoms with E-state index in [-0.39, 0.29) is 12.5 Å². The van der Waals surface area contributed by atoms with E-state index in [2.05, 4.69) is 15.3 Å². The van der Waals surface area contributed by atoms with Gasteiger partial charge in [-0.2, -0.15) is 0 Å². The molecule has 0 unspecified atom stereocenters. The molecular formula is C22H19N3O3. The smallest absolute Gasteiger partial charge is 0.255 e. The highest BCUT2D eigenvalue weighted by molar-refractivity contribution is 6.05. The van der Waals surface area contributed by atoms with E-state index in [0.717, 1.165) is 33.7 Å². The van der Waals surface area contributed by atoms with E-state index in [1.165, 1.54) is 0 Å². The second-order valence-electron chi connectivity index (χ2n) is 6.36. The monoisotopic (exact) mass is 373 g/mol. The lowest BCUT2D eigenvalue weighted by Gasteiger charge is -2.06. The number of methoxy groups -OCH3 is 1. The maximum atomic E-state index is 12.4. The molecule has 0 spiro atoms. The Hall–Kier alpha value is -3.64. The van der Waals surface area contributed by atoms with Crippen LogP contribution in [0.2, 0.25) is 0 Å². The number of hydrogen-bond acceptors (Lipinski definition) is 4. The van der Waals surface area contributed by atoms with Crippen LogP contribution in [0.25, 0.3) is 22.4 Å². The second-order valence-corrected chi connectivity index (χ2v) is 6.36. The number of aliphatic hydroxyl groups excluding tert-OH is 1. The van der Waals surface area contributed by atoms with Crippen LogP contribution in [0.5, 0.6) is 5.75 Å². The van der Waals surface area contributed by atoms with Gasteiger partial charge in [0.15, 0.2) is 0 Å². The lowest BCUT2D eigenvalue weighted by atomic mass is 10.1. The van der Waals surface area contributed by atoms with Crippen LogP contribution >= 0.6 is 0 Å². The molecule has 4 rings (SSSR count). The van der Waals surface area contributed by atoms with Gasteiger partial charge in [-0.05, 0) is 60.2 Å². The highest BCUT2D eigenvalue weighted by Gasteiger charge is 2.09. The lowest BCUT2D eigenvalue weighted by molar-refractivity contribution is 0.102. The lowest BCUT2D eigenvalue weighted by Crippen LogP contribution is -2.11. The van der Waals surface area contributed by atoms with Gasteiger partial charge in [-0.25, -0.2) is 4.98 Å². The summed E-state index contributed by atoms with van der Waals surface area (Å²) in [6.45, 7) is -0.0467. The Labute approximate surface area is 161 Å². The number of imidazole rings is 1. The number of anilines is 1. The molecule has 3 aromatic carbocycles. The van der Waals surface area contributed by atoms with Gasteiger partial charge in [0.1, 0.15) is 11.6 Å². The molecule has 0 saturated heterocycles. The number of amides is 1. The van der Waals surface area contributed by atoms with E-state index < -0.39 is 0 Å². The second kappa shape index (κ2) is 7.54. The summed E-state index contributed by atoms with van der Waals surface area (Å²) in [6, 6.07) is 20.0. The maximum absolute atomic E-state index is 12.4. The zero-order valence-corrected chi connectivity index (χ0v) is 15.3. The molecule has 0 radical (unpaired) electrons. The molecule has 140 valence electrons. The minimum atomic E-state index is -0.210. The predicted octanol–water partition coefficient (Wildman–Crippen LogP) is 3.98. The molecular weight excluding hydrogens is 354 g/mol. The van der Waals surface area contributed by atoms with Crippen LogP contribution in [0.15, 0.2) is 66.7 Å². The van der Waals surface area contributed by atoms with Crippen molar-refractivity contribution in [2.45, 2.75) is 6.61 Å². The fourth-order valence-electron chi connectivity index (χ4n) is 2.94. The molecule has 28 heavy (non-hydrogen) atoms. The molecule has 6 nitrogen and oxygen atoms in total. The van der Waals surface area contributed by atoms with Gasteiger partial charge in [-0.15, -0.1) is 0 Å². The van der Waals surface area contributed by atoms with E-state index in [4.69, 9.17) is 9.84 Å². The quantitative estimate of drug-likeness (QED) is 0.494. The summed E-state index contributed by atoms with van der Waals surface area (Å²) in [5.74, 6) is 1.33. The number of benzene rings is 3. The number of carbonyl (C=O) groups is 1. The molecule has 0 fully saturated rings. The molecule has 0 aliphatic heterocycles. The Morgan fingerprint density at radius 2 is 1.82 bits per heavy atom. The van der Waals surface area contributed by atoms with Crippen LogP contribution in [-0.4, -0.2) is 28.1 Å². The van der Waals surface area contributed by atoms with Crippen LogP contribution < -0.4 is 10.1 Å². The molecule has 1 amide bonds. The molecule has 1 aromatic heterocycles. The van der Waals surface area contributed by atoms with Crippen molar-refractivity contribution in [3.05, 3.63) is 77.9 Å². The Morgan fingerprint density at radius 3 is 2.50 bits per heavy atom. The zero-order chi connectivity index (χ0) is 19.5. The van der Waals surface area contributed by atoms with Gasteiger partial charge < -0.3 is 20.1 Å². The average molecular weight is 373 g/mol. The number of carbonyl (C=O) groups excluding carboxylic acids is 1. The molecule has 0 bridgehead atoms. The summed E-state index contributed by atoms with van der Waals surface area (Å²) in [5.41, 5.74) is 4.57. The van der Waals surface area contributed by atoms with Crippen molar-refractivity contribution in [2.75, 3.05) is 12.4 Å². The van der Waals surface area contributed by atoms with Crippen LogP contribution in [-0.2, 0) is 6.61 Å². The maximum Gasteiger partial charge on any atom is 0.255 e. The number of rotatable bonds is 5. The fraction of sp³-hybridized carbons (Fsp3) is 0.0909. The first-order valence-electron chi connectivity index (χ1n) is 8.81. The largest absolute Gasteiger partial charge is 0.497 e. The number of hydrogen-bond donors (Lipinski definition) is 3. The van der Waals surface area contributed by atoms with E-state index in [1.54, 1.807) is 31.4 Å². The van der Waals surface area contributed by atoms with Gasteiger partial charge in [-0.1, -0.05) is 12.1 Å². The van der Waals surface area contributed by atoms with E-state index in [0.29, 0.717) is 11.3 Å². The van der Waals surface area contributed by atoms with E-state index in [9.17, 15) is 4.79 Å². The van der Waals surface area contributed by atoms with Crippen LogP contribution in [0.4, 0.5) is 5.69 Å². The van der Waals surface area contributed by atoms with Crippen molar-refractivity contribution in [3.63, 3.8) is 0 Å². The third-order valence-corrected chi connectivity index (χ3v) is 4.50. The molecule has 6 heteroatoms. The molecule has 4 aromatic rings. The van der Waals surface area contributed by atoms with Crippen molar-refractivity contribution in [1.82, 2.24) is 9.97 Å². The Morgan fingerprint density at radius 1 is 1.07 bits per heavy atom. The number of fused-ring (bicyclic) bond motifs is 1. The topological polar surface area (TPSA) is 87.2 Å². The Balaban J connectivity index is 1.56. The first-order chi connectivity index (χ1) is 13.7. The molecule has 0 aliphatic carbocycles. The van der Waals surface area contributed by atoms with Crippen molar-refractivity contribution < 1.29 is 14.6 Å². The first kappa shape index (κ1) is 17.8. The van der Waals surface area contributed by atoms with E-state index >= 15 is 0 Å². The minimum absolute atomic E-state index is 0.0467. The van der Waals surface area contributed by atoms with E-state index in [1.807, 2.05) is 42.5 Å². The molecule has 0 aliphatic rings. The first-order valence-corrected chi connectivity index (χ1v) is 8.81. The molecule has 0 atom stereocenters. The SMILES string of the molecule is COc1ccc(-c2nc3ccc(NC(=O)c4ccc(CO)cc4)cc3[nH]2)cc1. The Kier molecular flexibility index (Phi) is 4.78. The van der Waals surface area contributed by atoms with Crippen molar-refractivity contribution in [2.24, 2.45) is 0 Å². The van der Waals surface area contributed by atoms with Gasteiger partial charge in [0.2, 0.25) is 0 Å². The van der Waals surface area contributed by atoms with Crippen LogP contribution in [0.1, 0.15) is 15.9 Å². The van der Waals surface area contributed by atoms with Gasteiger partial charge in [0.05, 0.1) is 24.8 Å². The highest BCUT2D eigenvalue weighted by atomic mass is 16.5. The summed E-state index contributed by atoms with van der Waals surface area (Å²) < 4.78 is 5.18. The van der Waals surface area contributed by atoms with Crippen LogP contribution in [0, 0.1) is 0 Å². The number of nitrogens with zero attached hydrogens (tertiary/aromatic N) is 1. The fourth-order valence-corrected chi connectivity index (χ4v) is 2.94. The summed E-state index contributed by atoms with van der Waals surface area (Å²) >= 11 is 0. The zero-order valence-electron chi connectivity index (χ0n) is 15.3. The molecule has 1 heterocycles. The number of aromatic amines is 1. The number of nitrogens with one attached hydrogen (secondary N) is 2. The summed E-state index contributed by atoms with van der Waals surface area (Å²) in [4.78, 5) is 20.3. The number of aliphatic hydroxyl groups is 1. The number of ether oxygens (including phenoxy) is 1. The Bertz CT molecular complexity index is 1120. The van der Waals surface area contributed by atoms with Gasteiger partial charge in [0, 0.05) is 16.8 Å². The third kappa shape index (κ3) is 3.58. The van der Waals surface area contributed by atoms with Crippen LogP contribution in [0.3, 0.4) is 0 Å². The number of H-pyrrole nitrogens is 1.